The van der Waals surface area contributed by atoms with Crippen LogP contribution in [0.15, 0.2) is 24.3 Å². The number of aliphatic hydroxyl groups is 1. The Morgan fingerprint density at radius 2 is 2.00 bits per heavy atom. The third-order valence-electron chi connectivity index (χ3n) is 3.29. The van der Waals surface area contributed by atoms with Crippen molar-refractivity contribution >= 4 is 11.4 Å². The van der Waals surface area contributed by atoms with Crippen molar-refractivity contribution in [2.75, 3.05) is 30.3 Å². The van der Waals surface area contributed by atoms with Crippen LogP contribution in [0.3, 0.4) is 0 Å². The highest BCUT2D eigenvalue weighted by Crippen LogP contribution is 2.23. The normalized spacial score (nSPS) is 21.8. The Kier molecular flexibility index (Phi) is 3.67. The third-order valence-corrected chi connectivity index (χ3v) is 3.29. The lowest BCUT2D eigenvalue weighted by atomic mass is 10.0. The Morgan fingerprint density at radius 1 is 1.25 bits per heavy atom. The van der Waals surface area contributed by atoms with Gasteiger partial charge in [-0.05, 0) is 43.0 Å². The fraction of sp³-hybridized carbons (Fsp3) is 0.538. The monoisotopic (exact) mass is 220 g/mol. The quantitative estimate of drug-likeness (QED) is 0.748. The molecule has 1 fully saturated rings. The average Bonchev–Trinajstić information content (AvgIpc) is 2.55. The second kappa shape index (κ2) is 5.21. The summed E-state index contributed by atoms with van der Waals surface area (Å²) in [6, 6.07) is 8.01. The van der Waals surface area contributed by atoms with Crippen molar-refractivity contribution in [3.05, 3.63) is 24.3 Å². The lowest BCUT2D eigenvalue weighted by molar-refractivity contribution is 0.223. The van der Waals surface area contributed by atoms with E-state index in [9.17, 15) is 5.11 Å². The predicted molar refractivity (Wildman–Crippen MR) is 67.5 cm³/mol. The lowest BCUT2D eigenvalue weighted by Gasteiger charge is -2.25. The van der Waals surface area contributed by atoms with E-state index in [-0.39, 0.29) is 0 Å². The number of anilines is 2. The molecule has 3 N–H and O–H groups in total. The van der Waals surface area contributed by atoms with Crippen LogP contribution in [-0.2, 0) is 0 Å². The van der Waals surface area contributed by atoms with Crippen LogP contribution in [0.2, 0.25) is 0 Å². The molecule has 3 nitrogen and oxygen atoms in total. The standard InChI is InChI=1S/C13H20N2O/c14-12-4-6-13(7-5-12)15-8-2-1-3-11(9-15)10-16/h4-7,11,16H,1-3,8-10,14H2. The molecule has 0 radical (unpaired) electrons. The first-order valence-corrected chi connectivity index (χ1v) is 6.01. The summed E-state index contributed by atoms with van der Waals surface area (Å²) in [5, 5.41) is 9.28. The van der Waals surface area contributed by atoms with Crippen LogP contribution in [0.5, 0.6) is 0 Å². The van der Waals surface area contributed by atoms with Crippen molar-refractivity contribution in [1.82, 2.24) is 0 Å². The van der Waals surface area contributed by atoms with E-state index in [4.69, 9.17) is 5.73 Å². The van der Waals surface area contributed by atoms with E-state index in [1.807, 2.05) is 12.1 Å². The minimum Gasteiger partial charge on any atom is -0.399 e. The van der Waals surface area contributed by atoms with Crippen molar-refractivity contribution in [3.8, 4) is 0 Å². The molecule has 0 saturated carbocycles. The Hall–Kier alpha value is -1.22. The summed E-state index contributed by atoms with van der Waals surface area (Å²) in [5.41, 5.74) is 7.70. The van der Waals surface area contributed by atoms with E-state index in [0.29, 0.717) is 12.5 Å². The summed E-state index contributed by atoms with van der Waals surface area (Å²) >= 11 is 0. The average molecular weight is 220 g/mol. The van der Waals surface area contributed by atoms with Gasteiger partial charge in [0, 0.05) is 31.1 Å². The third kappa shape index (κ3) is 2.67. The lowest BCUT2D eigenvalue weighted by Crippen LogP contribution is -2.29. The zero-order valence-electron chi connectivity index (χ0n) is 9.60. The molecule has 1 aliphatic rings. The molecule has 0 aromatic heterocycles. The van der Waals surface area contributed by atoms with Crippen molar-refractivity contribution in [3.63, 3.8) is 0 Å². The van der Waals surface area contributed by atoms with Gasteiger partial charge in [0.1, 0.15) is 0 Å². The molecule has 0 bridgehead atoms. The highest BCUT2D eigenvalue weighted by Gasteiger charge is 2.17. The summed E-state index contributed by atoms with van der Waals surface area (Å²) in [7, 11) is 0. The van der Waals surface area contributed by atoms with Crippen molar-refractivity contribution in [2.45, 2.75) is 19.3 Å². The SMILES string of the molecule is Nc1ccc(N2CCCCC(CO)C2)cc1. The highest BCUT2D eigenvalue weighted by molar-refractivity contribution is 5.53. The molecule has 1 aromatic carbocycles. The fourth-order valence-corrected chi connectivity index (χ4v) is 2.30. The molecule has 16 heavy (non-hydrogen) atoms. The minimum atomic E-state index is 0.297. The first kappa shape index (κ1) is 11.3. The van der Waals surface area contributed by atoms with Crippen LogP contribution in [0.25, 0.3) is 0 Å². The molecule has 0 spiro atoms. The van der Waals surface area contributed by atoms with Crippen molar-refractivity contribution < 1.29 is 5.11 Å². The minimum absolute atomic E-state index is 0.297. The number of hydrogen-bond donors (Lipinski definition) is 2. The molecule has 88 valence electrons. The Labute approximate surface area is 96.9 Å². The zero-order chi connectivity index (χ0) is 11.4. The van der Waals surface area contributed by atoms with Gasteiger partial charge in [-0.2, -0.15) is 0 Å². The topological polar surface area (TPSA) is 49.5 Å². The zero-order valence-corrected chi connectivity index (χ0v) is 9.60. The molecule has 2 rings (SSSR count). The summed E-state index contributed by atoms with van der Waals surface area (Å²) in [6.45, 7) is 2.34. The van der Waals surface area contributed by atoms with Gasteiger partial charge in [0.2, 0.25) is 0 Å². The van der Waals surface area contributed by atoms with Crippen LogP contribution < -0.4 is 10.6 Å². The van der Waals surface area contributed by atoms with Crippen LogP contribution in [0, 0.1) is 5.92 Å². The first-order valence-electron chi connectivity index (χ1n) is 6.01. The van der Waals surface area contributed by atoms with Gasteiger partial charge in [-0.15, -0.1) is 0 Å². The molecule has 1 aliphatic heterocycles. The van der Waals surface area contributed by atoms with Gasteiger partial charge >= 0.3 is 0 Å². The summed E-state index contributed by atoms with van der Waals surface area (Å²) in [6.07, 6.45) is 3.57. The van der Waals surface area contributed by atoms with Gasteiger partial charge < -0.3 is 15.7 Å². The molecule has 1 unspecified atom stereocenters. The second-order valence-corrected chi connectivity index (χ2v) is 4.58. The van der Waals surface area contributed by atoms with E-state index < -0.39 is 0 Å². The van der Waals surface area contributed by atoms with E-state index in [1.54, 1.807) is 0 Å². The Bertz CT molecular complexity index is 323. The molecule has 0 amide bonds. The summed E-state index contributed by atoms with van der Waals surface area (Å²) < 4.78 is 0. The Morgan fingerprint density at radius 3 is 2.69 bits per heavy atom. The maximum Gasteiger partial charge on any atom is 0.0476 e. The Balaban J connectivity index is 2.09. The van der Waals surface area contributed by atoms with E-state index >= 15 is 0 Å². The van der Waals surface area contributed by atoms with Crippen molar-refractivity contribution in [1.29, 1.82) is 0 Å². The molecule has 1 aromatic rings. The van der Waals surface area contributed by atoms with E-state index in [2.05, 4.69) is 17.0 Å². The van der Waals surface area contributed by atoms with E-state index in [1.165, 1.54) is 18.5 Å². The number of rotatable bonds is 2. The molecule has 3 heteroatoms. The smallest absolute Gasteiger partial charge is 0.0476 e. The predicted octanol–water partition coefficient (Wildman–Crippen LogP) is 1.87. The van der Waals surface area contributed by atoms with Gasteiger partial charge in [-0.25, -0.2) is 0 Å². The summed E-state index contributed by atoms with van der Waals surface area (Å²) in [4.78, 5) is 2.35. The maximum atomic E-state index is 9.28. The van der Waals surface area contributed by atoms with Gasteiger partial charge in [0.05, 0.1) is 0 Å². The molecular weight excluding hydrogens is 200 g/mol. The second-order valence-electron chi connectivity index (χ2n) is 4.58. The van der Waals surface area contributed by atoms with Gasteiger partial charge in [0.15, 0.2) is 0 Å². The number of benzene rings is 1. The maximum absolute atomic E-state index is 9.28. The number of aliphatic hydroxyl groups excluding tert-OH is 1. The van der Waals surface area contributed by atoms with Gasteiger partial charge in [0.25, 0.3) is 0 Å². The largest absolute Gasteiger partial charge is 0.399 e. The number of nitrogen functional groups attached to an aromatic ring is 1. The number of nitrogens with two attached hydrogens (primary N) is 1. The van der Waals surface area contributed by atoms with Crippen LogP contribution >= 0.6 is 0 Å². The molecule has 1 saturated heterocycles. The van der Waals surface area contributed by atoms with Crippen LogP contribution in [0.4, 0.5) is 11.4 Å². The van der Waals surface area contributed by atoms with E-state index in [0.717, 1.165) is 25.2 Å². The van der Waals surface area contributed by atoms with Crippen molar-refractivity contribution in [2.24, 2.45) is 5.92 Å². The first-order chi connectivity index (χ1) is 7.79. The summed E-state index contributed by atoms with van der Waals surface area (Å²) in [5.74, 6) is 0.417. The highest BCUT2D eigenvalue weighted by atomic mass is 16.3. The molecule has 0 aliphatic carbocycles. The van der Waals surface area contributed by atoms with Crippen LogP contribution in [0.1, 0.15) is 19.3 Å². The van der Waals surface area contributed by atoms with Gasteiger partial charge in [-0.3, -0.25) is 0 Å². The molecule has 1 heterocycles. The van der Waals surface area contributed by atoms with Gasteiger partial charge in [-0.1, -0.05) is 6.42 Å². The number of hydrogen-bond acceptors (Lipinski definition) is 3. The fourth-order valence-electron chi connectivity index (χ4n) is 2.30. The molecule has 1 atom stereocenters. The van der Waals surface area contributed by atoms with Crippen LogP contribution in [-0.4, -0.2) is 24.8 Å². The number of nitrogens with zero attached hydrogens (tertiary/aromatic N) is 1. The molecular formula is C13H20N2O.